The zero-order chi connectivity index (χ0) is 10.7. The summed E-state index contributed by atoms with van der Waals surface area (Å²) >= 11 is 3.07. The molecule has 0 spiro atoms. The number of halogens is 2. The summed E-state index contributed by atoms with van der Waals surface area (Å²) in [6, 6.07) is 3.89. The minimum Gasteiger partial charge on any atom is -0.479 e. The summed E-state index contributed by atoms with van der Waals surface area (Å²) in [5.74, 6) is -1.39. The van der Waals surface area contributed by atoms with Crippen molar-refractivity contribution in [3.8, 4) is 5.75 Å². The van der Waals surface area contributed by atoms with E-state index in [1.807, 2.05) is 0 Å². The highest BCUT2D eigenvalue weighted by Crippen LogP contribution is 2.21. The molecule has 0 fully saturated rings. The predicted octanol–water partition coefficient (Wildman–Crippen LogP) is 2.44. The van der Waals surface area contributed by atoms with Crippen molar-refractivity contribution in [1.29, 1.82) is 0 Å². The van der Waals surface area contributed by atoms with Crippen LogP contribution in [-0.2, 0) is 4.79 Å². The Kier molecular flexibility index (Phi) is 3.46. The van der Waals surface area contributed by atoms with Gasteiger partial charge in [0.1, 0.15) is 11.6 Å². The fraction of sp³-hybridized carbons (Fsp3) is 0.222. The van der Waals surface area contributed by atoms with Crippen LogP contribution in [0, 0.1) is 5.82 Å². The molecule has 0 aliphatic carbocycles. The lowest BCUT2D eigenvalue weighted by Gasteiger charge is -2.10. The first-order chi connectivity index (χ1) is 6.49. The number of aliphatic carboxylic acids is 1. The highest BCUT2D eigenvalue weighted by Gasteiger charge is 2.12. The minimum absolute atomic E-state index is 0.187. The van der Waals surface area contributed by atoms with Crippen molar-refractivity contribution in [2.45, 2.75) is 13.0 Å². The van der Waals surface area contributed by atoms with Crippen molar-refractivity contribution in [1.82, 2.24) is 0 Å². The standard InChI is InChI=1S/C9H8BrFO3/c1-5(9(12)13)14-8-3-6(10)2-7(11)4-8/h2-5H,1H3,(H,12,13). The molecule has 5 heteroatoms. The zero-order valence-electron chi connectivity index (χ0n) is 7.33. The van der Waals surface area contributed by atoms with E-state index in [-0.39, 0.29) is 5.75 Å². The van der Waals surface area contributed by atoms with Crippen LogP contribution in [-0.4, -0.2) is 17.2 Å². The van der Waals surface area contributed by atoms with Crippen LogP contribution in [0.25, 0.3) is 0 Å². The van der Waals surface area contributed by atoms with Gasteiger partial charge in [0.2, 0.25) is 0 Å². The molecule has 1 aromatic rings. The monoisotopic (exact) mass is 262 g/mol. The van der Waals surface area contributed by atoms with E-state index in [2.05, 4.69) is 15.9 Å². The van der Waals surface area contributed by atoms with E-state index in [0.29, 0.717) is 4.47 Å². The van der Waals surface area contributed by atoms with Gasteiger partial charge in [-0.05, 0) is 19.1 Å². The Morgan fingerprint density at radius 2 is 2.21 bits per heavy atom. The first-order valence-electron chi connectivity index (χ1n) is 3.84. The topological polar surface area (TPSA) is 46.5 Å². The van der Waals surface area contributed by atoms with Gasteiger partial charge in [0.25, 0.3) is 0 Å². The molecule has 14 heavy (non-hydrogen) atoms. The SMILES string of the molecule is CC(Oc1cc(F)cc(Br)c1)C(=O)O. The Bertz CT molecular complexity index is 334. The van der Waals surface area contributed by atoms with Gasteiger partial charge < -0.3 is 9.84 Å². The molecule has 0 aliphatic rings. The summed E-state index contributed by atoms with van der Waals surface area (Å²) in [5, 5.41) is 8.55. The molecule has 0 aromatic heterocycles. The van der Waals surface area contributed by atoms with Crippen LogP contribution in [0.5, 0.6) is 5.75 Å². The van der Waals surface area contributed by atoms with Crippen LogP contribution in [0.3, 0.4) is 0 Å². The molecule has 1 aromatic carbocycles. The lowest BCUT2D eigenvalue weighted by molar-refractivity contribution is -0.144. The Balaban J connectivity index is 2.81. The second kappa shape index (κ2) is 4.41. The highest BCUT2D eigenvalue weighted by atomic mass is 79.9. The molecule has 1 rings (SSSR count). The van der Waals surface area contributed by atoms with Gasteiger partial charge in [-0.2, -0.15) is 0 Å². The van der Waals surface area contributed by atoms with Crippen LogP contribution in [0.2, 0.25) is 0 Å². The molecular weight excluding hydrogens is 255 g/mol. The third-order valence-electron chi connectivity index (χ3n) is 1.50. The summed E-state index contributed by atoms with van der Waals surface area (Å²) in [5.41, 5.74) is 0. The van der Waals surface area contributed by atoms with Crippen molar-refractivity contribution in [2.75, 3.05) is 0 Å². The Morgan fingerprint density at radius 3 is 2.71 bits per heavy atom. The first-order valence-corrected chi connectivity index (χ1v) is 4.64. The molecule has 0 radical (unpaired) electrons. The number of rotatable bonds is 3. The van der Waals surface area contributed by atoms with Gasteiger partial charge >= 0.3 is 5.97 Å². The maximum absolute atomic E-state index is 12.8. The number of hydrogen-bond acceptors (Lipinski definition) is 2. The van der Waals surface area contributed by atoms with Crippen molar-refractivity contribution in [2.24, 2.45) is 0 Å². The molecular formula is C9H8BrFO3. The molecule has 0 aliphatic heterocycles. The third kappa shape index (κ3) is 2.99. The second-order valence-electron chi connectivity index (χ2n) is 2.70. The molecule has 0 amide bonds. The summed E-state index contributed by atoms with van der Waals surface area (Å²) in [7, 11) is 0. The van der Waals surface area contributed by atoms with Crippen LogP contribution < -0.4 is 4.74 Å². The smallest absolute Gasteiger partial charge is 0.344 e. The van der Waals surface area contributed by atoms with Gasteiger partial charge in [-0.3, -0.25) is 0 Å². The van der Waals surface area contributed by atoms with Gasteiger partial charge in [-0.15, -0.1) is 0 Å². The normalized spacial score (nSPS) is 12.2. The number of hydrogen-bond donors (Lipinski definition) is 1. The summed E-state index contributed by atoms with van der Waals surface area (Å²) in [4.78, 5) is 10.4. The summed E-state index contributed by atoms with van der Waals surface area (Å²) in [6.45, 7) is 1.38. The first kappa shape index (κ1) is 11.0. The molecule has 0 saturated heterocycles. The fourth-order valence-corrected chi connectivity index (χ4v) is 1.30. The average Bonchev–Trinajstić information content (AvgIpc) is 2.01. The van der Waals surface area contributed by atoms with Crippen molar-refractivity contribution in [3.05, 3.63) is 28.5 Å². The molecule has 76 valence electrons. The van der Waals surface area contributed by atoms with Gasteiger partial charge in [0.05, 0.1) is 0 Å². The largest absolute Gasteiger partial charge is 0.479 e. The number of carbonyl (C=O) groups is 1. The van der Waals surface area contributed by atoms with Gasteiger partial charge in [-0.25, -0.2) is 9.18 Å². The maximum Gasteiger partial charge on any atom is 0.344 e. The predicted molar refractivity (Wildman–Crippen MR) is 51.8 cm³/mol. The molecule has 0 bridgehead atoms. The lowest BCUT2D eigenvalue weighted by Crippen LogP contribution is -2.22. The van der Waals surface area contributed by atoms with Crippen LogP contribution in [0.15, 0.2) is 22.7 Å². The lowest BCUT2D eigenvalue weighted by atomic mass is 10.3. The van der Waals surface area contributed by atoms with E-state index in [1.165, 1.54) is 19.1 Å². The molecule has 1 N–H and O–H groups in total. The maximum atomic E-state index is 12.8. The van der Waals surface area contributed by atoms with Crippen LogP contribution in [0.4, 0.5) is 4.39 Å². The van der Waals surface area contributed by atoms with Gasteiger partial charge in [0, 0.05) is 10.5 Å². The van der Waals surface area contributed by atoms with E-state index in [1.54, 1.807) is 0 Å². The molecule has 0 saturated carbocycles. The zero-order valence-corrected chi connectivity index (χ0v) is 8.92. The highest BCUT2D eigenvalue weighted by molar-refractivity contribution is 9.10. The Morgan fingerprint density at radius 1 is 1.57 bits per heavy atom. The Labute approximate surface area is 88.6 Å². The van der Waals surface area contributed by atoms with Gasteiger partial charge in [-0.1, -0.05) is 15.9 Å². The molecule has 3 nitrogen and oxygen atoms in total. The number of benzene rings is 1. The quantitative estimate of drug-likeness (QED) is 0.910. The number of ether oxygens (including phenoxy) is 1. The fourth-order valence-electron chi connectivity index (χ4n) is 0.851. The van der Waals surface area contributed by atoms with E-state index in [0.717, 1.165) is 6.07 Å². The van der Waals surface area contributed by atoms with E-state index in [4.69, 9.17) is 9.84 Å². The summed E-state index contributed by atoms with van der Waals surface area (Å²) in [6.07, 6.45) is -0.997. The van der Waals surface area contributed by atoms with Crippen LogP contribution in [0.1, 0.15) is 6.92 Å². The number of carboxylic acids is 1. The van der Waals surface area contributed by atoms with Gasteiger partial charge in [0.15, 0.2) is 6.10 Å². The van der Waals surface area contributed by atoms with E-state index >= 15 is 0 Å². The summed E-state index contributed by atoms with van der Waals surface area (Å²) < 4.78 is 18.3. The third-order valence-corrected chi connectivity index (χ3v) is 1.95. The second-order valence-corrected chi connectivity index (χ2v) is 3.62. The van der Waals surface area contributed by atoms with E-state index in [9.17, 15) is 9.18 Å². The molecule has 0 heterocycles. The van der Waals surface area contributed by atoms with Crippen molar-refractivity contribution >= 4 is 21.9 Å². The average molecular weight is 263 g/mol. The molecule has 1 atom stereocenters. The van der Waals surface area contributed by atoms with Crippen molar-refractivity contribution in [3.63, 3.8) is 0 Å². The number of carboxylic acid groups (broad SMARTS) is 1. The minimum atomic E-state index is -1.09. The molecule has 1 unspecified atom stereocenters. The Hall–Kier alpha value is -1.10. The van der Waals surface area contributed by atoms with Crippen LogP contribution >= 0.6 is 15.9 Å². The van der Waals surface area contributed by atoms with E-state index < -0.39 is 17.9 Å². The van der Waals surface area contributed by atoms with Crippen molar-refractivity contribution < 1.29 is 19.0 Å².